The minimum absolute atomic E-state index is 0.0270. The van der Waals surface area contributed by atoms with Gasteiger partial charge < -0.3 is 9.13 Å². The average molecular weight is 873 g/mol. The van der Waals surface area contributed by atoms with E-state index < -0.39 is 0 Å². The third-order valence-corrected chi connectivity index (χ3v) is 14.8. The smallest absolute Gasteiger partial charge is 0.0518 e. The Morgan fingerprint density at radius 1 is 0.478 bits per heavy atom. The Morgan fingerprint density at radius 2 is 1.09 bits per heavy atom. The quantitative estimate of drug-likeness (QED) is 0.163. The number of allylic oxidation sites excluding steroid dienone is 2. The van der Waals surface area contributed by atoms with Gasteiger partial charge in [0, 0.05) is 63.7 Å². The summed E-state index contributed by atoms with van der Waals surface area (Å²) in [6.45, 7) is 27.9. The molecule has 2 aliphatic rings. The maximum atomic E-state index is 3.90. The van der Waals surface area contributed by atoms with Gasteiger partial charge in [0.2, 0.25) is 0 Å². The van der Waals surface area contributed by atoms with Crippen molar-refractivity contribution in [3.63, 3.8) is 0 Å². The van der Waals surface area contributed by atoms with Crippen molar-refractivity contribution in [2.75, 3.05) is 0 Å². The van der Waals surface area contributed by atoms with E-state index in [1.54, 1.807) is 0 Å². The summed E-state index contributed by atoms with van der Waals surface area (Å²) in [7, 11) is 4.19. The largest absolute Gasteiger partial charge is 0.344 e. The van der Waals surface area contributed by atoms with Crippen molar-refractivity contribution in [3.05, 3.63) is 214 Å². The Hall–Kier alpha value is -7.16. The monoisotopic (exact) mass is 873 g/mol. The second kappa shape index (κ2) is 17.2. The molecule has 2 nitrogen and oxygen atoms in total. The summed E-state index contributed by atoms with van der Waals surface area (Å²) >= 11 is 0. The average Bonchev–Trinajstić information content (AvgIpc) is 3.93. The van der Waals surface area contributed by atoms with Crippen molar-refractivity contribution in [1.82, 2.24) is 9.13 Å². The lowest BCUT2D eigenvalue weighted by molar-refractivity contribution is 0.660. The van der Waals surface area contributed by atoms with Crippen LogP contribution in [-0.4, -0.2) is 9.13 Å². The Bertz CT molecular complexity index is 3510. The second-order valence-corrected chi connectivity index (χ2v) is 19.6. The van der Waals surface area contributed by atoms with Gasteiger partial charge in [0.25, 0.3) is 0 Å². The molecule has 2 heteroatoms. The topological polar surface area (TPSA) is 9.86 Å². The van der Waals surface area contributed by atoms with E-state index in [4.69, 9.17) is 0 Å². The molecule has 0 N–H and O–H groups in total. The van der Waals surface area contributed by atoms with Gasteiger partial charge in [-0.25, -0.2) is 0 Å². The first-order valence-electron chi connectivity index (χ1n) is 23.8. The van der Waals surface area contributed by atoms with Gasteiger partial charge in [-0.1, -0.05) is 180 Å². The van der Waals surface area contributed by atoms with Gasteiger partial charge in [-0.2, -0.15) is 0 Å². The fraction of sp³-hybridized carbons (Fsp3) is 0.200. The summed E-state index contributed by atoms with van der Waals surface area (Å²) in [4.78, 5) is 0. The first kappa shape index (κ1) is 45.0. The molecule has 0 saturated heterocycles. The van der Waals surface area contributed by atoms with Crippen LogP contribution in [0.25, 0.3) is 90.3 Å². The van der Waals surface area contributed by atoms with Crippen LogP contribution in [0.5, 0.6) is 0 Å². The number of nitrogens with zero attached hydrogens (tertiary/aromatic N) is 2. The highest BCUT2D eigenvalue weighted by molar-refractivity contribution is 6.09. The van der Waals surface area contributed by atoms with E-state index in [1.165, 1.54) is 127 Å². The fourth-order valence-corrected chi connectivity index (χ4v) is 11.5. The molecule has 0 aliphatic heterocycles. The molecule has 0 unspecified atom stereocenters. The van der Waals surface area contributed by atoms with Crippen molar-refractivity contribution in [1.29, 1.82) is 0 Å². The number of aryl methyl sites for hydroxylation is 5. The molecule has 0 amide bonds. The lowest BCUT2D eigenvalue weighted by atomic mass is 9.79. The highest BCUT2D eigenvalue weighted by atomic mass is 15.0. The molecule has 2 heterocycles. The van der Waals surface area contributed by atoms with Crippen LogP contribution in [0.2, 0.25) is 0 Å². The highest BCUT2D eigenvalue weighted by Crippen LogP contribution is 2.55. The standard InChI is InChI=1S/C35H30.2C15H17N/c1-21-14-16-26-31(18-21)35(4,5)32-20-27(23-10-6-7-12-25(23)33(26)32)22-15-17-30-28(19-22)24-11-8-9-13-29(24)34(30,2)3;1-5-8-12-13-10-7-9-11(3)15(13)16(4)14(12)6-2;1-5-8-12-13(6-2)16(4)14-10-7-9-11(3)15(12)14/h6-20H,1-5H3;2*5-10H,2H2,1,3-4H3/b;2*8-5-. The van der Waals surface area contributed by atoms with Crippen LogP contribution in [-0.2, 0) is 24.9 Å². The predicted molar refractivity (Wildman–Crippen MR) is 294 cm³/mol. The third-order valence-electron chi connectivity index (χ3n) is 14.8. The number of hydrogen-bond acceptors (Lipinski definition) is 0. The zero-order valence-corrected chi connectivity index (χ0v) is 41.4. The van der Waals surface area contributed by atoms with Crippen molar-refractivity contribution in [2.24, 2.45) is 14.1 Å². The molecule has 0 bridgehead atoms. The van der Waals surface area contributed by atoms with Gasteiger partial charge in [0.1, 0.15) is 0 Å². The molecule has 0 atom stereocenters. The first-order valence-corrected chi connectivity index (χ1v) is 23.8. The first-order chi connectivity index (χ1) is 32.2. The van der Waals surface area contributed by atoms with Gasteiger partial charge in [0.15, 0.2) is 0 Å². The summed E-state index contributed by atoms with van der Waals surface area (Å²) in [5.74, 6) is 0. The molecule has 0 spiro atoms. The number of fused-ring (bicyclic) bond motifs is 10. The number of hydrogen-bond donors (Lipinski definition) is 0. The number of benzene rings is 7. The molecule has 9 aromatic rings. The van der Waals surface area contributed by atoms with Gasteiger partial charge in [-0.3, -0.25) is 0 Å². The van der Waals surface area contributed by atoms with Crippen LogP contribution in [0.15, 0.2) is 153 Å². The molecule has 0 radical (unpaired) electrons. The van der Waals surface area contributed by atoms with E-state index in [0.717, 1.165) is 0 Å². The van der Waals surface area contributed by atoms with Crippen molar-refractivity contribution in [3.8, 4) is 33.4 Å². The molecule has 2 aromatic heterocycles. The normalized spacial score (nSPS) is 13.8. The van der Waals surface area contributed by atoms with Crippen LogP contribution in [0.4, 0.5) is 0 Å². The van der Waals surface area contributed by atoms with Crippen LogP contribution in [0, 0.1) is 20.8 Å². The summed E-state index contributed by atoms with van der Waals surface area (Å²) in [6, 6.07) is 47.4. The zero-order chi connectivity index (χ0) is 47.5. The minimum Gasteiger partial charge on any atom is -0.344 e. The van der Waals surface area contributed by atoms with E-state index in [-0.39, 0.29) is 10.8 Å². The van der Waals surface area contributed by atoms with Crippen LogP contribution in [0.3, 0.4) is 0 Å². The Labute approximate surface area is 399 Å². The van der Waals surface area contributed by atoms with Crippen molar-refractivity contribution >= 4 is 56.9 Å². The Kier molecular flexibility index (Phi) is 11.6. The van der Waals surface area contributed by atoms with Crippen molar-refractivity contribution < 1.29 is 0 Å². The molecular weight excluding hydrogens is 809 g/mol. The lowest BCUT2D eigenvalue weighted by Gasteiger charge is -2.24. The zero-order valence-electron chi connectivity index (χ0n) is 41.4. The van der Waals surface area contributed by atoms with Gasteiger partial charge in [-0.05, 0) is 143 Å². The maximum absolute atomic E-state index is 3.90. The predicted octanol–water partition coefficient (Wildman–Crippen LogP) is 17.8. The Balaban J connectivity index is 0.000000146. The molecule has 334 valence electrons. The lowest BCUT2D eigenvalue weighted by Crippen LogP contribution is -2.15. The Morgan fingerprint density at radius 3 is 1.82 bits per heavy atom. The van der Waals surface area contributed by atoms with Crippen LogP contribution in [0.1, 0.15) is 103 Å². The number of para-hydroxylation sites is 1. The number of aromatic nitrogens is 2. The van der Waals surface area contributed by atoms with Gasteiger partial charge in [-0.15, -0.1) is 0 Å². The van der Waals surface area contributed by atoms with Crippen LogP contribution >= 0.6 is 0 Å². The van der Waals surface area contributed by atoms with Crippen LogP contribution < -0.4 is 0 Å². The summed E-state index contributed by atoms with van der Waals surface area (Å²) in [6.07, 6.45) is 12.3. The fourth-order valence-electron chi connectivity index (χ4n) is 11.5. The van der Waals surface area contributed by atoms with E-state index in [1.807, 2.05) is 26.0 Å². The number of rotatable bonds is 5. The van der Waals surface area contributed by atoms with E-state index >= 15 is 0 Å². The second-order valence-electron chi connectivity index (χ2n) is 19.6. The summed E-state index contributed by atoms with van der Waals surface area (Å²) in [5.41, 5.74) is 25.4. The van der Waals surface area contributed by atoms with Gasteiger partial charge >= 0.3 is 0 Å². The minimum atomic E-state index is -0.0270. The van der Waals surface area contributed by atoms with E-state index in [9.17, 15) is 0 Å². The van der Waals surface area contributed by atoms with Crippen molar-refractivity contribution in [2.45, 2.75) is 73.1 Å². The molecule has 0 fully saturated rings. The van der Waals surface area contributed by atoms with Gasteiger partial charge in [0.05, 0.1) is 5.52 Å². The summed E-state index contributed by atoms with van der Waals surface area (Å²) in [5, 5.41) is 5.33. The third kappa shape index (κ3) is 7.17. The van der Waals surface area contributed by atoms with E-state index in [2.05, 4.69) is 237 Å². The summed E-state index contributed by atoms with van der Waals surface area (Å²) < 4.78 is 4.41. The molecule has 0 saturated carbocycles. The maximum Gasteiger partial charge on any atom is 0.0518 e. The molecule has 2 aliphatic carbocycles. The van der Waals surface area contributed by atoms with E-state index in [0.29, 0.717) is 0 Å². The highest BCUT2D eigenvalue weighted by Gasteiger charge is 2.38. The molecular formula is C65H64N2. The molecule has 11 rings (SSSR count). The molecule has 7 aromatic carbocycles. The SMILES string of the molecule is C=Cc1c(/C=C\C)c2c(C)cccc2n1C.C=Cc1c(/C=C\C)c2cccc(C)c2n1C.Cc1ccc2c(c1)C(C)(C)c1cc(-c3ccc4c(c3)-c3ccccc3C4(C)C)c3ccccc3c1-2. The molecule has 67 heavy (non-hydrogen) atoms.